The number of unbranched alkanes of at least 4 members (excludes halogenated alkanes) is 1. The van der Waals surface area contributed by atoms with Gasteiger partial charge in [0.2, 0.25) is 10.0 Å². The molecule has 4 nitrogen and oxygen atoms in total. The third-order valence-corrected chi connectivity index (χ3v) is 11.3. The second-order valence-corrected chi connectivity index (χ2v) is 14.5. The van der Waals surface area contributed by atoms with E-state index in [1.807, 2.05) is 48.5 Å². The monoisotopic (exact) mass is 627 g/mol. The Morgan fingerprint density at radius 2 is 1.41 bits per heavy atom. The summed E-state index contributed by atoms with van der Waals surface area (Å²) in [5.41, 5.74) is 4.99. The van der Waals surface area contributed by atoms with Crippen molar-refractivity contribution in [3.63, 3.8) is 0 Å². The van der Waals surface area contributed by atoms with Crippen LogP contribution in [0.4, 0.5) is 0 Å². The molecule has 0 unspecified atom stereocenters. The molecule has 0 bridgehead atoms. The molecule has 0 heterocycles. The average molecular weight is 628 g/mol. The molecule has 6 heteroatoms. The molecule has 0 aromatic heterocycles. The molecule has 5 rings (SSSR count). The predicted molar refractivity (Wildman–Crippen MR) is 186 cm³/mol. The van der Waals surface area contributed by atoms with Crippen molar-refractivity contribution in [2.75, 3.05) is 26.2 Å². The Morgan fingerprint density at radius 3 is 2.16 bits per heavy atom. The Hall–Kier alpha value is -3.22. The van der Waals surface area contributed by atoms with Crippen molar-refractivity contribution in [1.82, 2.24) is 4.31 Å². The highest BCUT2D eigenvalue weighted by molar-refractivity contribution is 7.89. The van der Waals surface area contributed by atoms with Crippen molar-refractivity contribution >= 4 is 43.2 Å². The lowest BCUT2D eigenvalue weighted by Gasteiger charge is -2.37. The number of hydrogen-bond donors (Lipinski definition) is 0. The van der Waals surface area contributed by atoms with Gasteiger partial charge in [-0.25, -0.2) is 8.42 Å². The number of quaternary nitrogens is 1. The number of sulfonamides is 1. The van der Waals surface area contributed by atoms with Gasteiger partial charge < -0.3 is 4.48 Å². The first-order valence-corrected chi connectivity index (χ1v) is 17.5. The quantitative estimate of drug-likeness (QED) is 0.0963. The van der Waals surface area contributed by atoms with Gasteiger partial charge in [-0.05, 0) is 80.5 Å². The maximum atomic E-state index is 14.3. The largest absolute Gasteiger partial charge is 0.320 e. The van der Waals surface area contributed by atoms with Gasteiger partial charge in [0.15, 0.2) is 0 Å². The molecule has 5 aromatic rings. The number of fused-ring (bicyclic) bond motifs is 2. The molecule has 0 saturated heterocycles. The minimum atomic E-state index is -3.77. The normalized spacial score (nSPS) is 12.4. The first-order chi connectivity index (χ1) is 21.1. The van der Waals surface area contributed by atoms with E-state index in [9.17, 15) is 8.42 Å². The van der Waals surface area contributed by atoms with Crippen LogP contribution in [-0.2, 0) is 23.1 Å². The Labute approximate surface area is 268 Å². The average Bonchev–Trinajstić information content (AvgIpc) is 3.01. The van der Waals surface area contributed by atoms with E-state index in [-0.39, 0.29) is 0 Å². The molecule has 0 atom stereocenters. The minimum absolute atomic E-state index is 0.301. The number of nitrogens with zero attached hydrogens (tertiary/aromatic N) is 2. The number of hydrogen-bond acceptors (Lipinski definition) is 2. The van der Waals surface area contributed by atoms with Crippen LogP contribution in [0.5, 0.6) is 0 Å². The summed E-state index contributed by atoms with van der Waals surface area (Å²) < 4.78 is 31.3. The fourth-order valence-electron chi connectivity index (χ4n) is 6.56. The van der Waals surface area contributed by atoms with Crippen LogP contribution in [0, 0.1) is 13.8 Å². The molecular formula is C38H44ClN2O2S+. The zero-order valence-corrected chi connectivity index (χ0v) is 28.0. The summed E-state index contributed by atoms with van der Waals surface area (Å²) >= 11 is 6.40. The SMILES string of the molecule is CC[N+](CC)(CCCCN(Cc1cccc2ccccc12)S(=O)(=O)c1ccc2c(Cl)cccc2c1)Cc1cc(C)cc(C)c1. The maximum Gasteiger partial charge on any atom is 0.243 e. The highest BCUT2D eigenvalue weighted by Gasteiger charge is 2.27. The van der Waals surface area contributed by atoms with Gasteiger partial charge in [-0.2, -0.15) is 4.31 Å². The fourth-order valence-corrected chi connectivity index (χ4v) is 8.30. The number of rotatable bonds is 13. The molecule has 0 aliphatic heterocycles. The summed E-state index contributed by atoms with van der Waals surface area (Å²) in [4.78, 5) is 0.301. The number of aryl methyl sites for hydroxylation is 2. The van der Waals surface area contributed by atoms with E-state index in [1.54, 1.807) is 16.4 Å². The lowest BCUT2D eigenvalue weighted by Crippen LogP contribution is -2.47. The van der Waals surface area contributed by atoms with Gasteiger partial charge in [-0.3, -0.25) is 0 Å². The van der Waals surface area contributed by atoms with Crippen molar-refractivity contribution in [2.24, 2.45) is 0 Å². The smallest absolute Gasteiger partial charge is 0.243 e. The maximum absolute atomic E-state index is 14.3. The van der Waals surface area contributed by atoms with E-state index in [4.69, 9.17) is 11.6 Å². The van der Waals surface area contributed by atoms with Crippen LogP contribution in [0.15, 0.2) is 102 Å². The van der Waals surface area contributed by atoms with Crippen LogP contribution >= 0.6 is 11.6 Å². The third kappa shape index (κ3) is 7.18. The van der Waals surface area contributed by atoms with Crippen LogP contribution in [0.1, 0.15) is 48.9 Å². The van der Waals surface area contributed by atoms with Crippen molar-refractivity contribution in [1.29, 1.82) is 0 Å². The van der Waals surface area contributed by atoms with Gasteiger partial charge in [0.05, 0.1) is 24.5 Å². The highest BCUT2D eigenvalue weighted by Crippen LogP contribution is 2.29. The van der Waals surface area contributed by atoms with Crippen LogP contribution in [-0.4, -0.2) is 43.4 Å². The standard InChI is InChI=1S/C38H44ClN2O2S/c1-5-41(6-2,28-31-24-29(3)23-30(4)25-31)22-10-9-21-40(27-34-16-11-14-32-13-7-8-17-36(32)34)44(42,43)35-19-20-37-33(26-35)15-12-18-38(37)39/h7-8,11-20,23-26H,5-6,9-10,21-22,27-28H2,1-4H3/q+1. The van der Waals surface area contributed by atoms with Crippen LogP contribution < -0.4 is 0 Å². The molecule has 0 saturated carbocycles. The van der Waals surface area contributed by atoms with Crippen LogP contribution in [0.2, 0.25) is 5.02 Å². The summed E-state index contributed by atoms with van der Waals surface area (Å²) in [7, 11) is -3.77. The molecule has 5 aromatic carbocycles. The van der Waals surface area contributed by atoms with Gasteiger partial charge >= 0.3 is 0 Å². The first kappa shape index (κ1) is 32.2. The fraction of sp³-hybridized carbons (Fsp3) is 0.316. The Morgan fingerprint density at radius 1 is 0.727 bits per heavy atom. The van der Waals surface area contributed by atoms with E-state index < -0.39 is 10.0 Å². The summed E-state index contributed by atoms with van der Waals surface area (Å²) in [5, 5.41) is 4.49. The molecule has 0 amide bonds. The Bertz CT molecular complexity index is 1840. The Balaban J connectivity index is 1.40. The summed E-state index contributed by atoms with van der Waals surface area (Å²) in [6.45, 7) is 13.7. The molecule has 0 radical (unpaired) electrons. The second-order valence-electron chi connectivity index (χ2n) is 12.2. The zero-order chi connectivity index (χ0) is 31.3. The first-order valence-electron chi connectivity index (χ1n) is 15.7. The van der Waals surface area contributed by atoms with E-state index in [2.05, 4.69) is 64.1 Å². The molecular weight excluding hydrogens is 584 g/mol. The number of benzene rings is 5. The van der Waals surface area contributed by atoms with Gasteiger partial charge in [-0.1, -0.05) is 102 Å². The molecule has 230 valence electrons. The third-order valence-electron chi connectivity index (χ3n) is 9.09. The lowest BCUT2D eigenvalue weighted by molar-refractivity contribution is -0.938. The molecule has 0 aliphatic carbocycles. The number of halogens is 1. The summed E-state index contributed by atoms with van der Waals surface area (Å²) in [6.07, 6.45) is 1.73. The van der Waals surface area contributed by atoms with E-state index >= 15 is 0 Å². The minimum Gasteiger partial charge on any atom is -0.320 e. The van der Waals surface area contributed by atoms with E-state index in [0.29, 0.717) is 23.0 Å². The molecule has 0 aliphatic rings. The van der Waals surface area contributed by atoms with Crippen LogP contribution in [0.3, 0.4) is 0 Å². The van der Waals surface area contributed by atoms with Gasteiger partial charge in [0.25, 0.3) is 0 Å². The van der Waals surface area contributed by atoms with Crippen molar-refractivity contribution in [2.45, 2.75) is 58.5 Å². The molecule has 0 N–H and O–H groups in total. The van der Waals surface area contributed by atoms with Gasteiger partial charge in [0.1, 0.15) is 6.54 Å². The van der Waals surface area contributed by atoms with Crippen LogP contribution in [0.25, 0.3) is 21.5 Å². The van der Waals surface area contributed by atoms with E-state index in [1.165, 1.54) is 16.7 Å². The molecule has 44 heavy (non-hydrogen) atoms. The van der Waals surface area contributed by atoms with E-state index in [0.717, 1.165) is 70.6 Å². The van der Waals surface area contributed by atoms with Crippen molar-refractivity contribution in [3.8, 4) is 0 Å². The Kier molecular flexibility index (Phi) is 10.1. The second kappa shape index (κ2) is 13.8. The van der Waals surface area contributed by atoms with Gasteiger partial charge in [-0.15, -0.1) is 0 Å². The summed E-state index contributed by atoms with van der Waals surface area (Å²) in [5.74, 6) is 0. The van der Waals surface area contributed by atoms with Gasteiger partial charge in [0, 0.05) is 29.1 Å². The highest BCUT2D eigenvalue weighted by atomic mass is 35.5. The predicted octanol–water partition coefficient (Wildman–Crippen LogP) is 9.29. The zero-order valence-electron chi connectivity index (χ0n) is 26.4. The van der Waals surface area contributed by atoms with Crippen molar-refractivity contribution in [3.05, 3.63) is 124 Å². The van der Waals surface area contributed by atoms with Crippen molar-refractivity contribution < 1.29 is 12.9 Å². The molecule has 0 spiro atoms. The lowest BCUT2D eigenvalue weighted by atomic mass is 10.0. The summed E-state index contributed by atoms with van der Waals surface area (Å²) in [6, 6.07) is 32.0. The topological polar surface area (TPSA) is 37.4 Å². The molecule has 0 fully saturated rings.